The average molecular weight is 174 g/mol. The van der Waals surface area contributed by atoms with Crippen molar-refractivity contribution in [2.45, 2.75) is 25.4 Å². The monoisotopic (exact) mass is 174 g/mol. The first-order valence-electron chi connectivity index (χ1n) is 3.55. The minimum absolute atomic E-state index is 0.0282. The van der Waals surface area contributed by atoms with Crippen LogP contribution < -0.4 is 10.8 Å². The van der Waals surface area contributed by atoms with E-state index in [1.165, 1.54) is 0 Å². The van der Waals surface area contributed by atoms with Gasteiger partial charge in [0.05, 0.1) is 0 Å². The molecule has 12 heavy (non-hydrogen) atoms. The summed E-state index contributed by atoms with van der Waals surface area (Å²) in [4.78, 5) is 25.5. The first-order valence-corrected chi connectivity index (χ1v) is 3.55. The average Bonchev–Trinajstić information content (AvgIpc) is 1.96. The summed E-state index contributed by atoms with van der Waals surface area (Å²) >= 11 is 0. The maximum atomic E-state index is 10.9. The molecule has 0 aromatic carbocycles. The molecule has 68 valence electrons. The molecule has 1 aliphatic rings. The maximum absolute atomic E-state index is 10.9. The molecule has 1 amide bonds. The van der Waals surface area contributed by atoms with E-state index in [1.54, 1.807) is 6.92 Å². The van der Waals surface area contributed by atoms with Crippen LogP contribution in [0.2, 0.25) is 0 Å². The number of carbonyl (C=O) groups excluding carboxylic acids is 1. The molecule has 1 fully saturated rings. The fourth-order valence-corrected chi connectivity index (χ4v) is 0.995. The van der Waals surface area contributed by atoms with Gasteiger partial charge in [0.1, 0.15) is 6.04 Å². The number of amides is 1. The molecule has 6 heteroatoms. The lowest BCUT2D eigenvalue weighted by Gasteiger charge is -2.25. The minimum atomic E-state index is -1.22. The third-order valence-electron chi connectivity index (χ3n) is 1.53. The summed E-state index contributed by atoms with van der Waals surface area (Å²) in [5.41, 5.74) is 2.45. The first-order chi connectivity index (χ1) is 5.59. The number of hydrogen-bond donors (Lipinski definition) is 3. The molecule has 1 rings (SSSR count). The normalized spacial score (nSPS) is 29.2. The predicted octanol–water partition coefficient (Wildman–Crippen LogP) is -0.537. The first kappa shape index (κ1) is 8.79. The van der Waals surface area contributed by atoms with E-state index in [0.29, 0.717) is 6.42 Å². The highest BCUT2D eigenvalue weighted by Crippen LogP contribution is 2.05. The maximum Gasteiger partial charge on any atom is 0.405 e. The number of carbonyl (C=O) groups is 2. The summed E-state index contributed by atoms with van der Waals surface area (Å²) < 4.78 is 0. The van der Waals surface area contributed by atoms with Gasteiger partial charge in [-0.3, -0.25) is 0 Å². The smallest absolute Gasteiger partial charge is 0.405 e. The van der Waals surface area contributed by atoms with Crippen LogP contribution in [0.1, 0.15) is 13.3 Å². The van der Waals surface area contributed by atoms with Crippen molar-refractivity contribution in [2.75, 3.05) is 0 Å². The van der Waals surface area contributed by atoms with E-state index < -0.39 is 18.1 Å². The zero-order valence-electron chi connectivity index (χ0n) is 6.53. The largest absolute Gasteiger partial charge is 0.465 e. The molecule has 1 heterocycles. The second kappa shape index (κ2) is 3.40. The van der Waals surface area contributed by atoms with Gasteiger partial charge in [-0.2, -0.15) is 5.48 Å². The molecule has 6 nitrogen and oxygen atoms in total. The number of hydrogen-bond acceptors (Lipinski definition) is 4. The number of carboxylic acid groups (broad SMARTS) is 1. The van der Waals surface area contributed by atoms with Crippen molar-refractivity contribution in [3.63, 3.8) is 0 Å². The van der Waals surface area contributed by atoms with Gasteiger partial charge in [0.2, 0.25) is 0 Å². The SMILES string of the molecule is CC1C[C@H](NC(=O)O)C(=O)ON1. The Morgan fingerprint density at radius 3 is 3.08 bits per heavy atom. The molecule has 0 saturated carbocycles. The second-order valence-corrected chi connectivity index (χ2v) is 2.68. The summed E-state index contributed by atoms with van der Waals surface area (Å²) in [7, 11) is 0. The summed E-state index contributed by atoms with van der Waals surface area (Å²) in [6.45, 7) is 1.79. The van der Waals surface area contributed by atoms with Gasteiger partial charge in [0.25, 0.3) is 0 Å². The summed E-state index contributed by atoms with van der Waals surface area (Å²) in [5, 5.41) is 10.4. The van der Waals surface area contributed by atoms with Crippen molar-refractivity contribution >= 4 is 12.1 Å². The van der Waals surface area contributed by atoms with Crippen LogP contribution in [0.5, 0.6) is 0 Å². The van der Waals surface area contributed by atoms with Gasteiger partial charge in [0, 0.05) is 6.04 Å². The van der Waals surface area contributed by atoms with Crippen LogP contribution in [0.3, 0.4) is 0 Å². The fraction of sp³-hybridized carbons (Fsp3) is 0.667. The number of nitrogens with one attached hydrogen (secondary N) is 2. The highest BCUT2D eigenvalue weighted by Gasteiger charge is 2.29. The third-order valence-corrected chi connectivity index (χ3v) is 1.53. The molecule has 1 saturated heterocycles. The van der Waals surface area contributed by atoms with Crippen LogP contribution in [-0.2, 0) is 9.63 Å². The van der Waals surface area contributed by atoms with E-state index >= 15 is 0 Å². The molecule has 0 aliphatic carbocycles. The van der Waals surface area contributed by atoms with Crippen LogP contribution in [0, 0.1) is 0 Å². The van der Waals surface area contributed by atoms with Crippen LogP contribution in [0.15, 0.2) is 0 Å². The van der Waals surface area contributed by atoms with E-state index in [1.807, 2.05) is 0 Å². The van der Waals surface area contributed by atoms with Crippen molar-refractivity contribution in [3.05, 3.63) is 0 Å². The van der Waals surface area contributed by atoms with Crippen LogP contribution >= 0.6 is 0 Å². The summed E-state index contributed by atoms with van der Waals surface area (Å²) in [5.74, 6) is -0.587. The number of hydroxylamine groups is 1. The van der Waals surface area contributed by atoms with Crippen molar-refractivity contribution in [1.82, 2.24) is 10.8 Å². The van der Waals surface area contributed by atoms with Crippen LogP contribution in [0.25, 0.3) is 0 Å². The Balaban J connectivity index is 2.49. The Kier molecular flexibility index (Phi) is 2.49. The van der Waals surface area contributed by atoms with E-state index in [9.17, 15) is 9.59 Å². The molecule has 1 aliphatic heterocycles. The quantitative estimate of drug-likeness (QED) is 0.497. The topological polar surface area (TPSA) is 87.7 Å². The standard InChI is InChI=1S/C6H10N2O4/c1-3-2-4(7-6(10)11)5(9)12-8-3/h3-4,7-8H,2H2,1H3,(H,10,11)/t3?,4-/m0/s1. The van der Waals surface area contributed by atoms with Gasteiger partial charge < -0.3 is 15.3 Å². The Morgan fingerprint density at radius 1 is 1.83 bits per heavy atom. The third kappa shape index (κ3) is 2.09. The Bertz CT molecular complexity index is 206. The van der Waals surface area contributed by atoms with Gasteiger partial charge in [0.15, 0.2) is 0 Å². The molecular weight excluding hydrogens is 164 g/mol. The molecule has 2 atom stereocenters. The van der Waals surface area contributed by atoms with Gasteiger partial charge >= 0.3 is 12.1 Å². The molecule has 1 unspecified atom stereocenters. The molecule has 0 bridgehead atoms. The molecule has 3 N–H and O–H groups in total. The lowest BCUT2D eigenvalue weighted by molar-refractivity contribution is -0.161. The lowest BCUT2D eigenvalue weighted by atomic mass is 10.1. The van der Waals surface area contributed by atoms with E-state index in [-0.39, 0.29) is 6.04 Å². The van der Waals surface area contributed by atoms with Gasteiger partial charge in [-0.25, -0.2) is 9.59 Å². The van der Waals surface area contributed by atoms with Gasteiger partial charge in [-0.1, -0.05) is 0 Å². The van der Waals surface area contributed by atoms with Gasteiger partial charge in [-0.05, 0) is 13.3 Å². The predicted molar refractivity (Wildman–Crippen MR) is 38.3 cm³/mol. The Hall–Kier alpha value is -1.30. The van der Waals surface area contributed by atoms with E-state index in [0.717, 1.165) is 0 Å². The number of rotatable bonds is 1. The molecule has 0 spiro atoms. The minimum Gasteiger partial charge on any atom is -0.465 e. The zero-order chi connectivity index (χ0) is 9.14. The molecule has 0 radical (unpaired) electrons. The Morgan fingerprint density at radius 2 is 2.50 bits per heavy atom. The summed E-state index contributed by atoms with van der Waals surface area (Å²) in [6, 6.07) is -0.779. The van der Waals surface area contributed by atoms with Crippen molar-refractivity contribution in [1.29, 1.82) is 0 Å². The zero-order valence-corrected chi connectivity index (χ0v) is 6.53. The highest BCUT2D eigenvalue weighted by atomic mass is 16.7. The van der Waals surface area contributed by atoms with Gasteiger partial charge in [-0.15, -0.1) is 0 Å². The molecular formula is C6H10N2O4. The van der Waals surface area contributed by atoms with Crippen LogP contribution in [-0.4, -0.2) is 29.3 Å². The lowest BCUT2D eigenvalue weighted by Crippen LogP contribution is -2.51. The van der Waals surface area contributed by atoms with Crippen molar-refractivity contribution in [3.8, 4) is 0 Å². The van der Waals surface area contributed by atoms with E-state index in [2.05, 4.69) is 15.6 Å². The molecule has 0 aromatic rings. The fourth-order valence-electron chi connectivity index (χ4n) is 0.995. The van der Waals surface area contributed by atoms with E-state index in [4.69, 9.17) is 5.11 Å². The second-order valence-electron chi connectivity index (χ2n) is 2.68. The Labute approximate surface area is 68.8 Å². The van der Waals surface area contributed by atoms with Crippen molar-refractivity contribution in [2.24, 2.45) is 0 Å². The summed E-state index contributed by atoms with van der Waals surface area (Å²) in [6.07, 6.45) is -0.809. The van der Waals surface area contributed by atoms with Crippen molar-refractivity contribution < 1.29 is 19.5 Å². The highest BCUT2D eigenvalue weighted by molar-refractivity contribution is 5.81. The molecule has 0 aromatic heterocycles. The van der Waals surface area contributed by atoms with Crippen LogP contribution in [0.4, 0.5) is 4.79 Å².